The minimum atomic E-state index is -1.69. The minimum Gasteiger partial charge on any atom is -0.458 e. The number of ether oxygens (including phenoxy) is 2. The fourth-order valence-corrected chi connectivity index (χ4v) is 2.26. The largest absolute Gasteiger partial charge is 0.458 e. The monoisotopic (exact) mass is 409 g/mol. The van der Waals surface area contributed by atoms with Crippen molar-refractivity contribution in [2.24, 2.45) is 0 Å². The quantitative estimate of drug-likeness (QED) is 0.618. The molecule has 0 saturated carbocycles. The van der Waals surface area contributed by atoms with E-state index in [2.05, 4.69) is 4.94 Å². The summed E-state index contributed by atoms with van der Waals surface area (Å²) in [7, 11) is -1.20. The summed E-state index contributed by atoms with van der Waals surface area (Å²) < 4.78 is 34.0. The summed E-state index contributed by atoms with van der Waals surface area (Å²) in [6.45, 7) is 9.46. The van der Waals surface area contributed by atoms with Crippen LogP contribution in [0.3, 0.4) is 0 Å². The fourth-order valence-electron chi connectivity index (χ4n) is 1.86. The summed E-state index contributed by atoms with van der Waals surface area (Å²) in [5, 5.41) is 1.39. The molecule has 0 aromatic carbocycles. The molecular formula is C17H28FNO7S. The van der Waals surface area contributed by atoms with Crippen LogP contribution < -0.4 is 0 Å². The Morgan fingerprint density at radius 1 is 1.04 bits per heavy atom. The number of hydrogen-bond donors (Lipinski definition) is 0. The molecule has 8 nitrogen and oxygen atoms in total. The van der Waals surface area contributed by atoms with Crippen LogP contribution in [0.4, 0.5) is 14.1 Å². The van der Waals surface area contributed by atoms with Gasteiger partial charge in [-0.05, 0) is 59.8 Å². The number of esters is 1. The molecule has 0 heterocycles. The van der Waals surface area contributed by atoms with Gasteiger partial charge in [-0.15, -0.1) is 0 Å². The van der Waals surface area contributed by atoms with Crippen molar-refractivity contribution in [3.05, 3.63) is 11.5 Å². The molecule has 27 heavy (non-hydrogen) atoms. The van der Waals surface area contributed by atoms with E-state index in [-0.39, 0.29) is 17.7 Å². The maximum absolute atomic E-state index is 12.6. The number of hydrogen-bond acceptors (Lipinski definition) is 7. The van der Waals surface area contributed by atoms with Crippen LogP contribution in [0.2, 0.25) is 0 Å². The summed E-state index contributed by atoms with van der Waals surface area (Å²) in [5.74, 6) is -0.926. The Morgan fingerprint density at radius 3 is 1.96 bits per heavy atom. The highest BCUT2D eigenvalue weighted by atomic mass is 32.2. The predicted octanol–water partition coefficient (Wildman–Crippen LogP) is 3.63. The Labute approximate surface area is 161 Å². The molecule has 0 aromatic heterocycles. The Morgan fingerprint density at radius 2 is 1.56 bits per heavy atom. The minimum absolute atomic E-state index is 0.100. The first kappa shape index (κ1) is 25.0. The lowest BCUT2D eigenvalue weighted by Gasteiger charge is -2.31. The summed E-state index contributed by atoms with van der Waals surface area (Å²) >= 11 is 0. The molecule has 156 valence electrons. The van der Waals surface area contributed by atoms with Crippen molar-refractivity contribution in [3.8, 4) is 0 Å². The third-order valence-electron chi connectivity index (χ3n) is 2.74. The standard InChI is InChI=1S/C17H28FNO7S/c1-16(2,3)24-13(20)12(10-8-9-11-27(7)23)19(15(22)26-18)14(21)25-17(4,5)6/h9,11-12H,8,10H2,1-7H3/b11-9+. The smallest absolute Gasteiger partial charge is 0.457 e. The first-order valence-electron chi connectivity index (χ1n) is 8.24. The van der Waals surface area contributed by atoms with Gasteiger partial charge in [0.25, 0.3) is 0 Å². The van der Waals surface area contributed by atoms with Crippen LogP contribution in [0.15, 0.2) is 11.5 Å². The number of allylic oxidation sites excluding steroid dienone is 1. The van der Waals surface area contributed by atoms with E-state index in [4.69, 9.17) is 9.47 Å². The Bertz CT molecular complexity index is 593. The molecule has 0 bridgehead atoms. The van der Waals surface area contributed by atoms with Gasteiger partial charge in [0.2, 0.25) is 0 Å². The van der Waals surface area contributed by atoms with Crippen molar-refractivity contribution in [2.75, 3.05) is 6.26 Å². The van der Waals surface area contributed by atoms with Gasteiger partial charge in [0.05, 0.1) is 0 Å². The maximum atomic E-state index is 12.6. The molecule has 0 aliphatic rings. The average molecular weight is 409 g/mol. The molecule has 0 aromatic rings. The SMILES string of the molecule is CS(=O)/C=C/CCC(C(=O)OC(C)(C)C)N(C(=O)OF)C(=O)OC(C)(C)C. The lowest BCUT2D eigenvalue weighted by atomic mass is 10.1. The molecule has 2 amide bonds. The summed E-state index contributed by atoms with van der Waals surface area (Å²) in [6, 6.07) is -1.49. The van der Waals surface area contributed by atoms with Crippen LogP contribution in [-0.2, 0) is 30.0 Å². The Balaban J connectivity index is 5.73. The molecule has 2 unspecified atom stereocenters. The predicted molar refractivity (Wildman–Crippen MR) is 97.7 cm³/mol. The number of carbonyl (C=O) groups is 3. The first-order valence-corrected chi connectivity index (χ1v) is 9.86. The van der Waals surface area contributed by atoms with E-state index >= 15 is 0 Å². The van der Waals surface area contributed by atoms with Gasteiger partial charge in [0.15, 0.2) is 0 Å². The number of halogens is 1. The van der Waals surface area contributed by atoms with Crippen LogP contribution in [-0.4, -0.2) is 50.8 Å². The Hall–Kier alpha value is -1.97. The zero-order valence-electron chi connectivity index (χ0n) is 16.7. The van der Waals surface area contributed by atoms with Crippen molar-refractivity contribution in [3.63, 3.8) is 0 Å². The highest BCUT2D eigenvalue weighted by molar-refractivity contribution is 7.87. The van der Waals surface area contributed by atoms with Gasteiger partial charge in [-0.25, -0.2) is 19.3 Å². The van der Waals surface area contributed by atoms with E-state index < -0.39 is 46.2 Å². The first-order chi connectivity index (χ1) is 12.2. The van der Waals surface area contributed by atoms with Crippen molar-refractivity contribution >= 4 is 29.0 Å². The summed E-state index contributed by atoms with van der Waals surface area (Å²) in [6.07, 6.45) is 0.100. The molecule has 0 aliphatic heterocycles. The van der Waals surface area contributed by atoms with E-state index in [9.17, 15) is 23.1 Å². The zero-order valence-corrected chi connectivity index (χ0v) is 17.6. The molecule has 0 N–H and O–H groups in total. The highest BCUT2D eigenvalue weighted by Crippen LogP contribution is 2.20. The number of nitrogens with zero attached hydrogens (tertiary/aromatic N) is 1. The van der Waals surface area contributed by atoms with Crippen LogP contribution in [0.5, 0.6) is 0 Å². The van der Waals surface area contributed by atoms with Gasteiger partial charge in [-0.1, -0.05) is 6.08 Å². The van der Waals surface area contributed by atoms with E-state index in [1.165, 1.54) is 17.7 Å². The summed E-state index contributed by atoms with van der Waals surface area (Å²) in [4.78, 5) is 40.2. The van der Waals surface area contributed by atoms with Crippen molar-refractivity contribution in [2.45, 2.75) is 71.6 Å². The van der Waals surface area contributed by atoms with Gasteiger partial charge in [0, 0.05) is 21.6 Å². The molecule has 2 atom stereocenters. The van der Waals surface area contributed by atoms with E-state index in [1.807, 2.05) is 0 Å². The van der Waals surface area contributed by atoms with Crippen LogP contribution in [0.1, 0.15) is 54.4 Å². The van der Waals surface area contributed by atoms with Gasteiger partial charge in [-0.3, -0.25) is 4.21 Å². The molecule has 0 aliphatic carbocycles. The van der Waals surface area contributed by atoms with Crippen molar-refractivity contribution in [1.29, 1.82) is 0 Å². The van der Waals surface area contributed by atoms with Gasteiger partial charge >= 0.3 is 18.2 Å². The molecule has 0 radical (unpaired) electrons. The molecular weight excluding hydrogens is 381 g/mol. The second-order valence-corrected chi connectivity index (χ2v) is 8.96. The van der Waals surface area contributed by atoms with E-state index in [1.54, 1.807) is 41.5 Å². The molecule has 0 saturated heterocycles. The zero-order chi connectivity index (χ0) is 21.4. The second kappa shape index (κ2) is 10.4. The molecule has 0 fully saturated rings. The molecule has 10 heteroatoms. The van der Waals surface area contributed by atoms with Crippen LogP contribution in [0.25, 0.3) is 0 Å². The average Bonchev–Trinajstić information content (AvgIpc) is 2.45. The number of rotatable bonds is 6. The highest BCUT2D eigenvalue weighted by Gasteiger charge is 2.41. The third-order valence-corrected chi connectivity index (χ3v) is 3.31. The Kier molecular flexibility index (Phi) is 9.63. The third kappa shape index (κ3) is 10.7. The van der Waals surface area contributed by atoms with Gasteiger partial charge in [0.1, 0.15) is 17.2 Å². The normalized spacial score (nSPS) is 14.4. The van der Waals surface area contributed by atoms with Crippen molar-refractivity contribution < 1.29 is 37.5 Å². The number of imide groups is 1. The molecule has 0 spiro atoms. The fraction of sp³-hybridized carbons (Fsp3) is 0.706. The van der Waals surface area contributed by atoms with Crippen molar-refractivity contribution in [1.82, 2.24) is 4.90 Å². The van der Waals surface area contributed by atoms with Gasteiger partial charge < -0.3 is 9.47 Å². The van der Waals surface area contributed by atoms with Crippen LogP contribution >= 0.6 is 0 Å². The lowest BCUT2D eigenvalue weighted by molar-refractivity contribution is -0.162. The van der Waals surface area contributed by atoms with Crippen LogP contribution in [0, 0.1) is 0 Å². The number of carbonyl (C=O) groups excluding carboxylic acids is 3. The maximum Gasteiger partial charge on any atom is 0.457 e. The summed E-state index contributed by atoms with van der Waals surface area (Å²) in [5.41, 5.74) is -1.90. The van der Waals surface area contributed by atoms with E-state index in [0.29, 0.717) is 0 Å². The topological polar surface area (TPSA) is 99.2 Å². The van der Waals surface area contributed by atoms with E-state index in [0.717, 1.165) is 0 Å². The lowest BCUT2D eigenvalue weighted by Crippen LogP contribution is -2.51. The number of amides is 2. The second-order valence-electron chi connectivity index (χ2n) is 7.69. The molecule has 0 rings (SSSR count). The van der Waals surface area contributed by atoms with Gasteiger partial charge in [-0.2, -0.15) is 4.90 Å².